The van der Waals surface area contributed by atoms with Gasteiger partial charge in [-0.05, 0) is 73.9 Å². The van der Waals surface area contributed by atoms with Crippen LogP contribution in [0, 0.1) is 20.8 Å². The van der Waals surface area contributed by atoms with Gasteiger partial charge in [-0.25, -0.2) is 0 Å². The number of aromatic nitrogens is 2. The van der Waals surface area contributed by atoms with E-state index in [-0.39, 0.29) is 17.2 Å². The van der Waals surface area contributed by atoms with E-state index < -0.39 is 17.6 Å². The summed E-state index contributed by atoms with van der Waals surface area (Å²) in [6.07, 6.45) is -4.52. The van der Waals surface area contributed by atoms with Crippen molar-refractivity contribution >= 4 is 23.4 Å². The highest BCUT2D eigenvalue weighted by atomic mass is 32.2. The molecule has 2 aromatic carbocycles. The summed E-state index contributed by atoms with van der Waals surface area (Å²) in [5, 5.41) is 11.4. The first kappa shape index (κ1) is 23.6. The molecule has 0 aliphatic rings. The Morgan fingerprint density at radius 3 is 2.34 bits per heavy atom. The van der Waals surface area contributed by atoms with E-state index in [1.807, 2.05) is 19.9 Å². The highest BCUT2D eigenvalue weighted by molar-refractivity contribution is 7.99. The molecule has 1 N–H and O–H groups in total. The lowest BCUT2D eigenvalue weighted by Gasteiger charge is -2.13. The van der Waals surface area contributed by atoms with Crippen LogP contribution >= 0.6 is 11.8 Å². The van der Waals surface area contributed by atoms with Crippen molar-refractivity contribution in [2.75, 3.05) is 18.2 Å². The molecule has 0 saturated heterocycles. The summed E-state index contributed by atoms with van der Waals surface area (Å²) in [7, 11) is 1.32. The number of thioether (sulfide) groups is 1. The third-order valence-corrected chi connectivity index (χ3v) is 5.83. The van der Waals surface area contributed by atoms with Crippen molar-refractivity contribution in [1.82, 2.24) is 10.2 Å². The molecule has 1 heterocycles. The maximum atomic E-state index is 13.0. The third-order valence-electron chi connectivity index (χ3n) is 4.91. The number of carbonyl (C=O) groups excluding carboxylic acids is 1. The van der Waals surface area contributed by atoms with Crippen LogP contribution in [0.2, 0.25) is 0 Å². The maximum Gasteiger partial charge on any atom is 0.416 e. The number of amides is 1. The summed E-state index contributed by atoms with van der Waals surface area (Å²) in [6.45, 7) is 6.10. The molecule has 1 amide bonds. The van der Waals surface area contributed by atoms with E-state index in [1.54, 1.807) is 6.07 Å². The summed E-state index contributed by atoms with van der Waals surface area (Å²) in [5.41, 5.74) is 4.27. The first-order valence-corrected chi connectivity index (χ1v) is 10.7. The number of nitrogens with one attached hydrogen (secondary N) is 1. The van der Waals surface area contributed by atoms with Crippen LogP contribution in [-0.2, 0) is 11.0 Å². The molecule has 1 aromatic heterocycles. The van der Waals surface area contributed by atoms with Crippen LogP contribution in [0.3, 0.4) is 0 Å². The van der Waals surface area contributed by atoms with Crippen LogP contribution < -0.4 is 10.1 Å². The molecule has 0 saturated carbocycles. The number of ether oxygens (including phenoxy) is 1. The summed E-state index contributed by atoms with van der Waals surface area (Å²) in [6, 6.07) is 10.7. The Kier molecular flexibility index (Phi) is 7.08. The number of halogens is 3. The van der Waals surface area contributed by atoms with Crippen LogP contribution in [0.1, 0.15) is 22.3 Å². The van der Waals surface area contributed by atoms with Crippen LogP contribution in [0.5, 0.6) is 5.75 Å². The smallest absolute Gasteiger partial charge is 0.416 e. The zero-order valence-electron chi connectivity index (χ0n) is 18.0. The number of rotatable bonds is 6. The van der Waals surface area contributed by atoms with Crippen molar-refractivity contribution in [1.29, 1.82) is 0 Å². The molecule has 0 aliphatic heterocycles. The van der Waals surface area contributed by atoms with Gasteiger partial charge < -0.3 is 10.1 Å². The van der Waals surface area contributed by atoms with Crippen molar-refractivity contribution in [2.45, 2.75) is 32.0 Å². The van der Waals surface area contributed by atoms with Gasteiger partial charge in [0.25, 0.3) is 0 Å². The minimum Gasteiger partial charge on any atom is -0.495 e. The molecule has 3 aromatic rings. The Hall–Kier alpha value is -3.07. The molecule has 0 spiro atoms. The van der Waals surface area contributed by atoms with Gasteiger partial charge in [0.2, 0.25) is 5.91 Å². The van der Waals surface area contributed by atoms with Crippen molar-refractivity contribution in [3.63, 3.8) is 0 Å². The molecule has 3 rings (SSSR count). The van der Waals surface area contributed by atoms with E-state index in [0.717, 1.165) is 46.3 Å². The van der Waals surface area contributed by atoms with Crippen LogP contribution in [0.4, 0.5) is 18.9 Å². The summed E-state index contributed by atoms with van der Waals surface area (Å²) < 4.78 is 43.9. The van der Waals surface area contributed by atoms with Gasteiger partial charge in [-0.3, -0.25) is 4.79 Å². The largest absolute Gasteiger partial charge is 0.495 e. The maximum absolute atomic E-state index is 13.0. The number of alkyl halides is 3. The molecule has 32 heavy (non-hydrogen) atoms. The van der Waals surface area contributed by atoms with E-state index >= 15 is 0 Å². The average molecular weight is 462 g/mol. The van der Waals surface area contributed by atoms with Gasteiger partial charge in [-0.15, -0.1) is 10.2 Å². The molecule has 9 heteroatoms. The standard InChI is InChI=1S/C23H22F3N3O2S/c1-13-9-15(3)17(10-14(13)2)18-6-8-22(29-28-18)32-12-21(30)27-19-11-16(23(24,25)26)5-7-20(19)31-4/h5-11H,12H2,1-4H3,(H,27,30). The van der Waals surface area contributed by atoms with E-state index in [4.69, 9.17) is 4.74 Å². The number of aryl methyl sites for hydroxylation is 3. The van der Waals surface area contributed by atoms with Crippen molar-refractivity contribution in [3.8, 4) is 17.0 Å². The van der Waals surface area contributed by atoms with Crippen LogP contribution in [0.15, 0.2) is 47.5 Å². The van der Waals surface area contributed by atoms with Crippen molar-refractivity contribution < 1.29 is 22.7 Å². The lowest BCUT2D eigenvalue weighted by atomic mass is 9.99. The summed E-state index contributed by atoms with van der Waals surface area (Å²) >= 11 is 1.14. The first-order valence-electron chi connectivity index (χ1n) is 9.68. The van der Waals surface area contributed by atoms with Gasteiger partial charge in [-0.2, -0.15) is 13.2 Å². The molecule has 0 atom stereocenters. The fraction of sp³-hybridized carbons (Fsp3) is 0.261. The number of benzene rings is 2. The lowest BCUT2D eigenvalue weighted by Crippen LogP contribution is -2.16. The average Bonchev–Trinajstić information content (AvgIpc) is 2.74. The molecule has 5 nitrogen and oxygen atoms in total. The van der Waals surface area contributed by atoms with Gasteiger partial charge in [0.1, 0.15) is 10.8 Å². The number of methoxy groups -OCH3 is 1. The Labute approximate surface area is 188 Å². The Bertz CT molecular complexity index is 1130. The van der Waals surface area contributed by atoms with Crippen LogP contribution in [-0.4, -0.2) is 29.0 Å². The fourth-order valence-corrected chi connectivity index (χ4v) is 3.70. The molecule has 0 bridgehead atoms. The molecule has 0 fully saturated rings. The van der Waals surface area contributed by atoms with E-state index in [9.17, 15) is 18.0 Å². The second kappa shape index (κ2) is 9.60. The van der Waals surface area contributed by atoms with Gasteiger partial charge >= 0.3 is 6.18 Å². The van der Waals surface area contributed by atoms with E-state index in [2.05, 4.69) is 34.6 Å². The predicted octanol–water partition coefficient (Wildman–Crippen LogP) is 5.83. The topological polar surface area (TPSA) is 64.1 Å². The van der Waals surface area contributed by atoms with E-state index in [1.165, 1.54) is 18.7 Å². The third kappa shape index (κ3) is 5.59. The van der Waals surface area contributed by atoms with Gasteiger partial charge in [-0.1, -0.05) is 17.8 Å². The molecule has 0 unspecified atom stereocenters. The Morgan fingerprint density at radius 2 is 1.72 bits per heavy atom. The zero-order chi connectivity index (χ0) is 23.5. The molecular formula is C23H22F3N3O2S. The predicted molar refractivity (Wildman–Crippen MR) is 119 cm³/mol. The number of hydrogen-bond acceptors (Lipinski definition) is 5. The second-order valence-corrected chi connectivity index (χ2v) is 8.25. The number of anilines is 1. The number of carbonyl (C=O) groups is 1. The minimum absolute atomic E-state index is 0.0421. The lowest BCUT2D eigenvalue weighted by molar-refractivity contribution is -0.137. The highest BCUT2D eigenvalue weighted by Gasteiger charge is 2.31. The van der Waals surface area contributed by atoms with Crippen molar-refractivity contribution in [2.24, 2.45) is 0 Å². The quantitative estimate of drug-likeness (QED) is 0.468. The Balaban J connectivity index is 1.66. The summed E-state index contributed by atoms with van der Waals surface area (Å²) in [4.78, 5) is 12.3. The molecule has 0 aliphatic carbocycles. The first-order chi connectivity index (χ1) is 15.1. The fourth-order valence-electron chi connectivity index (χ4n) is 3.08. The molecular weight excluding hydrogens is 439 g/mol. The number of hydrogen-bond donors (Lipinski definition) is 1. The highest BCUT2D eigenvalue weighted by Crippen LogP contribution is 2.35. The van der Waals surface area contributed by atoms with Gasteiger partial charge in [0, 0.05) is 5.56 Å². The van der Waals surface area contributed by atoms with Gasteiger partial charge in [0.05, 0.1) is 29.8 Å². The zero-order valence-corrected chi connectivity index (χ0v) is 18.8. The normalized spacial score (nSPS) is 11.3. The van der Waals surface area contributed by atoms with Gasteiger partial charge in [0.15, 0.2) is 0 Å². The SMILES string of the molecule is COc1ccc(C(F)(F)F)cc1NC(=O)CSc1ccc(-c2cc(C)c(C)cc2C)nn1. The monoisotopic (exact) mass is 461 g/mol. The summed E-state index contributed by atoms with van der Waals surface area (Å²) in [5.74, 6) is -0.386. The van der Waals surface area contributed by atoms with Crippen LogP contribution in [0.25, 0.3) is 11.3 Å². The molecule has 168 valence electrons. The second-order valence-electron chi connectivity index (χ2n) is 7.26. The minimum atomic E-state index is -4.52. The number of nitrogens with zero attached hydrogens (tertiary/aromatic N) is 2. The Morgan fingerprint density at radius 1 is 1.00 bits per heavy atom. The molecule has 0 radical (unpaired) electrons. The van der Waals surface area contributed by atoms with Crippen molar-refractivity contribution in [3.05, 3.63) is 64.7 Å². The van der Waals surface area contributed by atoms with E-state index in [0.29, 0.717) is 5.03 Å².